The summed E-state index contributed by atoms with van der Waals surface area (Å²) >= 11 is 1.55. The van der Waals surface area contributed by atoms with Crippen molar-refractivity contribution < 1.29 is 24.1 Å². The average Bonchev–Trinajstić information content (AvgIpc) is 1.94. The Balaban J connectivity index is 2.27. The SMILES string of the molecule is [W]=[C]1CCOCCN1. The van der Waals surface area contributed by atoms with E-state index >= 15 is 0 Å². The van der Waals surface area contributed by atoms with Gasteiger partial charge in [-0.3, -0.25) is 0 Å². The summed E-state index contributed by atoms with van der Waals surface area (Å²) in [7, 11) is 0. The van der Waals surface area contributed by atoms with Crippen LogP contribution in [-0.4, -0.2) is 23.8 Å². The molecule has 0 aromatic rings. The van der Waals surface area contributed by atoms with Gasteiger partial charge >= 0.3 is 59.6 Å². The molecular formula is C5H9NOW. The van der Waals surface area contributed by atoms with Crippen molar-refractivity contribution in [2.75, 3.05) is 19.8 Å². The van der Waals surface area contributed by atoms with E-state index in [-0.39, 0.29) is 0 Å². The first-order chi connectivity index (χ1) is 3.89. The molecule has 1 saturated heterocycles. The molecular weight excluding hydrogens is 274 g/mol. The average molecular weight is 283 g/mol. The normalized spacial score (nSPS) is 22.8. The molecule has 0 aromatic heterocycles. The standard InChI is InChI=1S/C5H9NO.W/c1-2-6-3-5-7-4-1;/h6H,1,3-5H2;. The molecule has 0 atom stereocenters. The fraction of sp³-hybridized carbons (Fsp3) is 0.800. The Morgan fingerprint density at radius 2 is 2.38 bits per heavy atom. The number of rotatable bonds is 0. The summed E-state index contributed by atoms with van der Waals surface area (Å²) in [5, 5.41) is 3.27. The van der Waals surface area contributed by atoms with Crippen LogP contribution in [0.4, 0.5) is 0 Å². The van der Waals surface area contributed by atoms with E-state index < -0.39 is 0 Å². The number of hydrogen-bond acceptors (Lipinski definition) is 2. The molecule has 46 valence electrons. The van der Waals surface area contributed by atoms with Crippen molar-refractivity contribution in [1.82, 2.24) is 5.32 Å². The second-order valence-electron chi connectivity index (χ2n) is 1.71. The summed E-state index contributed by atoms with van der Waals surface area (Å²) < 4.78 is 6.63. The van der Waals surface area contributed by atoms with E-state index in [1.807, 2.05) is 0 Å². The second kappa shape index (κ2) is 3.49. The van der Waals surface area contributed by atoms with Gasteiger partial charge in [-0.2, -0.15) is 0 Å². The Labute approximate surface area is 60.0 Å². The van der Waals surface area contributed by atoms with E-state index in [0.29, 0.717) is 0 Å². The molecule has 0 unspecified atom stereocenters. The molecule has 2 nitrogen and oxygen atoms in total. The van der Waals surface area contributed by atoms with Gasteiger partial charge in [-0.05, 0) is 0 Å². The molecule has 1 aliphatic heterocycles. The van der Waals surface area contributed by atoms with E-state index in [9.17, 15) is 0 Å². The summed E-state index contributed by atoms with van der Waals surface area (Å²) in [6.45, 7) is 2.78. The quantitative estimate of drug-likeness (QED) is 0.657. The third kappa shape index (κ3) is 2.16. The molecule has 0 amide bonds. The molecule has 0 spiro atoms. The van der Waals surface area contributed by atoms with Crippen LogP contribution in [0.2, 0.25) is 0 Å². The molecule has 0 aliphatic carbocycles. The molecule has 1 rings (SSSR count). The fourth-order valence-corrected chi connectivity index (χ4v) is 1.28. The van der Waals surface area contributed by atoms with Crippen molar-refractivity contribution in [3.05, 3.63) is 0 Å². The first kappa shape index (κ1) is 6.60. The molecule has 1 N–H and O–H groups in total. The van der Waals surface area contributed by atoms with Crippen LogP contribution in [0.3, 0.4) is 0 Å². The van der Waals surface area contributed by atoms with Crippen LogP contribution < -0.4 is 5.32 Å². The zero-order chi connectivity index (χ0) is 5.82. The van der Waals surface area contributed by atoms with E-state index in [4.69, 9.17) is 4.74 Å². The molecule has 1 heterocycles. The maximum absolute atomic E-state index is 5.19. The van der Waals surface area contributed by atoms with Gasteiger partial charge in [0, 0.05) is 0 Å². The van der Waals surface area contributed by atoms with Crippen LogP contribution in [-0.2, 0) is 24.1 Å². The van der Waals surface area contributed by atoms with Gasteiger partial charge in [-0.1, -0.05) is 0 Å². The minimum absolute atomic E-state index is 0.872. The van der Waals surface area contributed by atoms with Gasteiger partial charge < -0.3 is 0 Å². The Hall–Kier alpha value is 0.478. The third-order valence-corrected chi connectivity index (χ3v) is 2.29. The molecule has 0 bridgehead atoms. The van der Waals surface area contributed by atoms with Crippen LogP contribution in [0.25, 0.3) is 0 Å². The fourth-order valence-electron chi connectivity index (χ4n) is 0.618. The molecule has 0 saturated carbocycles. The number of ether oxygens (including phenoxy) is 1. The van der Waals surface area contributed by atoms with Gasteiger partial charge in [0.1, 0.15) is 0 Å². The third-order valence-electron chi connectivity index (χ3n) is 1.04. The van der Waals surface area contributed by atoms with Crippen LogP contribution in [0.15, 0.2) is 0 Å². The van der Waals surface area contributed by atoms with E-state index in [1.54, 1.807) is 19.4 Å². The van der Waals surface area contributed by atoms with Crippen molar-refractivity contribution >= 4 is 4.02 Å². The zero-order valence-electron chi connectivity index (χ0n) is 4.64. The second-order valence-corrected chi connectivity index (χ2v) is 3.48. The Bertz CT molecular complexity index is 84.4. The van der Waals surface area contributed by atoms with Gasteiger partial charge in [0.15, 0.2) is 0 Å². The van der Waals surface area contributed by atoms with Gasteiger partial charge in [-0.25, -0.2) is 0 Å². The molecule has 1 aliphatic rings. The van der Waals surface area contributed by atoms with Gasteiger partial charge in [-0.15, -0.1) is 0 Å². The van der Waals surface area contributed by atoms with E-state index in [2.05, 4.69) is 5.32 Å². The zero-order valence-corrected chi connectivity index (χ0v) is 7.58. The Morgan fingerprint density at radius 1 is 1.50 bits per heavy atom. The van der Waals surface area contributed by atoms with E-state index in [0.717, 1.165) is 26.2 Å². The summed E-state index contributed by atoms with van der Waals surface area (Å²) in [6, 6.07) is 0. The van der Waals surface area contributed by atoms with Crippen LogP contribution in [0.1, 0.15) is 6.42 Å². The van der Waals surface area contributed by atoms with Crippen molar-refractivity contribution in [3.8, 4) is 0 Å². The molecule has 8 heavy (non-hydrogen) atoms. The van der Waals surface area contributed by atoms with Gasteiger partial charge in [0.2, 0.25) is 0 Å². The predicted octanol–water partition coefficient (Wildman–Crippen LogP) is -0.327. The summed E-state index contributed by atoms with van der Waals surface area (Å²) in [6.07, 6.45) is 1.11. The van der Waals surface area contributed by atoms with Crippen molar-refractivity contribution in [2.45, 2.75) is 6.42 Å². The number of hydrogen-bond donors (Lipinski definition) is 1. The number of nitrogens with one attached hydrogen (secondary N) is 1. The van der Waals surface area contributed by atoms with Gasteiger partial charge in [0.05, 0.1) is 0 Å². The predicted molar refractivity (Wildman–Crippen MR) is 28.4 cm³/mol. The van der Waals surface area contributed by atoms with Gasteiger partial charge in [0.25, 0.3) is 0 Å². The van der Waals surface area contributed by atoms with Crippen molar-refractivity contribution in [3.63, 3.8) is 0 Å². The van der Waals surface area contributed by atoms with Crippen LogP contribution >= 0.6 is 0 Å². The summed E-state index contributed by atoms with van der Waals surface area (Å²) in [5.74, 6) is 0. The van der Waals surface area contributed by atoms with Crippen molar-refractivity contribution in [2.24, 2.45) is 0 Å². The Kier molecular flexibility index (Phi) is 2.88. The molecule has 0 radical (unpaired) electrons. The van der Waals surface area contributed by atoms with E-state index in [1.165, 1.54) is 4.02 Å². The Morgan fingerprint density at radius 3 is 3.25 bits per heavy atom. The van der Waals surface area contributed by atoms with Crippen molar-refractivity contribution in [1.29, 1.82) is 0 Å². The topological polar surface area (TPSA) is 21.3 Å². The summed E-state index contributed by atoms with van der Waals surface area (Å²) in [4.78, 5) is 0. The maximum atomic E-state index is 5.19. The molecule has 0 aromatic carbocycles. The first-order valence-electron chi connectivity index (χ1n) is 2.74. The van der Waals surface area contributed by atoms with Crippen LogP contribution in [0, 0.1) is 0 Å². The minimum atomic E-state index is 0.872. The molecule has 1 fully saturated rings. The first-order valence-corrected chi connectivity index (χ1v) is 4.21. The monoisotopic (exact) mass is 283 g/mol. The summed E-state index contributed by atoms with van der Waals surface area (Å²) in [5.41, 5.74) is 0. The molecule has 3 heteroatoms. The van der Waals surface area contributed by atoms with Crippen LogP contribution in [0.5, 0.6) is 0 Å².